The maximum Gasteiger partial charge on any atom is 0.282 e. The van der Waals surface area contributed by atoms with Crippen molar-refractivity contribution in [1.29, 1.82) is 0 Å². The second-order valence-electron chi connectivity index (χ2n) is 4.39. The highest BCUT2D eigenvalue weighted by Gasteiger charge is 2.21. The summed E-state index contributed by atoms with van der Waals surface area (Å²) in [5, 5.41) is 13.8. The molecule has 0 saturated heterocycles. The summed E-state index contributed by atoms with van der Waals surface area (Å²) in [6, 6.07) is 3.91. The number of benzene rings is 1. The fraction of sp³-hybridized carbons (Fsp3) is 0.417. The van der Waals surface area contributed by atoms with E-state index in [9.17, 15) is 14.9 Å². The summed E-state index contributed by atoms with van der Waals surface area (Å²) in [4.78, 5) is 22.3. The topological polar surface area (TPSA) is 72.2 Å². The first kappa shape index (κ1) is 15.9. The van der Waals surface area contributed by atoms with Crippen LogP contribution in [0.1, 0.15) is 24.2 Å². The monoisotopic (exact) mass is 348 g/mol. The van der Waals surface area contributed by atoms with Crippen molar-refractivity contribution < 1.29 is 9.72 Å². The van der Waals surface area contributed by atoms with Crippen LogP contribution in [-0.4, -0.2) is 22.2 Å². The van der Waals surface area contributed by atoms with Crippen LogP contribution in [0.4, 0.5) is 5.69 Å². The van der Waals surface area contributed by atoms with Crippen LogP contribution in [0.5, 0.6) is 0 Å². The molecule has 1 aromatic carbocycles. The van der Waals surface area contributed by atoms with Crippen LogP contribution >= 0.6 is 27.5 Å². The molecule has 0 saturated carbocycles. The number of nitro groups is 1. The molecule has 5 nitrogen and oxygen atoms in total. The Balaban J connectivity index is 2.87. The van der Waals surface area contributed by atoms with Gasteiger partial charge in [-0.2, -0.15) is 0 Å². The number of carbonyl (C=O) groups excluding carboxylic acids is 1. The molecule has 1 rings (SSSR count). The average Bonchev–Trinajstić information content (AvgIpc) is 2.34. The molecule has 1 N–H and O–H groups in total. The number of nitrogens with one attached hydrogen (secondary N) is 1. The number of carbonyl (C=O) groups is 1. The second-order valence-corrected chi connectivity index (χ2v) is 6.00. The van der Waals surface area contributed by atoms with Crippen LogP contribution < -0.4 is 5.32 Å². The van der Waals surface area contributed by atoms with E-state index in [1.165, 1.54) is 18.2 Å². The van der Waals surface area contributed by atoms with Crippen molar-refractivity contribution in [1.82, 2.24) is 5.32 Å². The Hall–Kier alpha value is -1.14. The van der Waals surface area contributed by atoms with E-state index in [2.05, 4.69) is 21.2 Å². The number of alkyl halides is 1. The van der Waals surface area contributed by atoms with Gasteiger partial charge in [-0.1, -0.05) is 41.4 Å². The number of hydrogen-bond acceptors (Lipinski definition) is 3. The molecular formula is C12H14BrClN2O3. The third kappa shape index (κ3) is 4.47. The summed E-state index contributed by atoms with van der Waals surface area (Å²) in [6.45, 7) is 4.40. The molecule has 0 heterocycles. The molecule has 0 aromatic heterocycles. The molecule has 0 bridgehead atoms. The summed E-state index contributed by atoms with van der Waals surface area (Å²) in [7, 11) is 0. The lowest BCUT2D eigenvalue weighted by atomic mass is 10.1. The third-order valence-corrected chi connectivity index (χ3v) is 4.20. The lowest BCUT2D eigenvalue weighted by Crippen LogP contribution is -2.32. The lowest BCUT2D eigenvalue weighted by molar-refractivity contribution is -0.385. The Morgan fingerprint density at radius 1 is 1.53 bits per heavy atom. The second kappa shape index (κ2) is 6.86. The van der Waals surface area contributed by atoms with Crippen LogP contribution in [0.2, 0.25) is 5.02 Å². The average molecular weight is 350 g/mol. The number of nitrogens with zero attached hydrogens (tertiary/aromatic N) is 1. The Labute approximate surface area is 124 Å². The van der Waals surface area contributed by atoms with Crippen molar-refractivity contribution >= 4 is 39.1 Å². The minimum absolute atomic E-state index is 0.0269. The maximum atomic E-state index is 12.0. The largest absolute Gasteiger partial charge is 0.351 e. The van der Waals surface area contributed by atoms with Crippen LogP contribution in [0.25, 0.3) is 0 Å². The van der Waals surface area contributed by atoms with Crippen molar-refractivity contribution in [3.63, 3.8) is 0 Å². The summed E-state index contributed by atoms with van der Waals surface area (Å²) >= 11 is 9.20. The number of hydrogen-bond donors (Lipinski definition) is 1. The SMILES string of the molecule is CC(C)C(Br)CNC(=O)c1cc(Cl)ccc1[N+](=O)[O-]. The molecule has 1 unspecified atom stereocenters. The molecule has 19 heavy (non-hydrogen) atoms. The van der Waals surface area contributed by atoms with Crippen LogP contribution in [0.3, 0.4) is 0 Å². The molecule has 104 valence electrons. The van der Waals surface area contributed by atoms with Crippen LogP contribution in [-0.2, 0) is 0 Å². The number of halogens is 2. The van der Waals surface area contributed by atoms with Gasteiger partial charge in [-0.15, -0.1) is 0 Å². The van der Waals surface area contributed by atoms with Crippen LogP contribution in [0.15, 0.2) is 18.2 Å². The first-order valence-corrected chi connectivity index (χ1v) is 6.98. The fourth-order valence-electron chi connectivity index (χ4n) is 1.37. The highest BCUT2D eigenvalue weighted by Crippen LogP contribution is 2.22. The quantitative estimate of drug-likeness (QED) is 0.503. The maximum absolute atomic E-state index is 12.0. The molecule has 0 aliphatic rings. The molecule has 0 fully saturated rings. The van der Waals surface area contributed by atoms with E-state index < -0.39 is 10.8 Å². The van der Waals surface area contributed by atoms with Gasteiger partial charge in [0.1, 0.15) is 5.56 Å². The Morgan fingerprint density at radius 3 is 2.68 bits per heavy atom. The van der Waals surface area contributed by atoms with Gasteiger partial charge in [0.05, 0.1) is 4.92 Å². The van der Waals surface area contributed by atoms with Gasteiger partial charge in [-0.25, -0.2) is 0 Å². The molecule has 0 radical (unpaired) electrons. The number of nitro benzene ring substituents is 1. The molecule has 0 spiro atoms. The van der Waals surface area contributed by atoms with Crippen molar-refractivity contribution in [3.05, 3.63) is 38.9 Å². The van der Waals surface area contributed by atoms with E-state index in [0.717, 1.165) is 0 Å². The Morgan fingerprint density at radius 2 is 2.16 bits per heavy atom. The van der Waals surface area contributed by atoms with Gasteiger partial charge in [0.25, 0.3) is 11.6 Å². The van der Waals surface area contributed by atoms with Gasteiger partial charge in [-0.05, 0) is 18.1 Å². The summed E-state index contributed by atoms with van der Waals surface area (Å²) < 4.78 is 0. The van der Waals surface area contributed by atoms with Gasteiger partial charge in [0, 0.05) is 22.5 Å². The number of amides is 1. The van der Waals surface area contributed by atoms with Gasteiger partial charge >= 0.3 is 0 Å². The van der Waals surface area contributed by atoms with E-state index in [1.54, 1.807) is 0 Å². The Bertz CT molecular complexity index is 494. The zero-order valence-electron chi connectivity index (χ0n) is 10.5. The zero-order valence-corrected chi connectivity index (χ0v) is 12.9. The minimum atomic E-state index is -0.598. The smallest absolute Gasteiger partial charge is 0.282 e. The summed E-state index contributed by atoms with van der Waals surface area (Å²) in [5.74, 6) is -0.158. The van der Waals surface area contributed by atoms with E-state index >= 15 is 0 Å². The molecule has 1 amide bonds. The highest BCUT2D eigenvalue weighted by molar-refractivity contribution is 9.09. The van der Waals surface area contributed by atoms with E-state index in [4.69, 9.17) is 11.6 Å². The Kier molecular flexibility index (Phi) is 5.75. The van der Waals surface area contributed by atoms with Gasteiger partial charge in [0.15, 0.2) is 0 Å². The summed E-state index contributed by atoms with van der Waals surface area (Å²) in [5.41, 5.74) is -0.279. The van der Waals surface area contributed by atoms with Crippen molar-refractivity contribution in [2.24, 2.45) is 5.92 Å². The predicted octanol–water partition coefficient (Wildman–Crippen LogP) is 3.40. The van der Waals surface area contributed by atoms with Crippen molar-refractivity contribution in [2.45, 2.75) is 18.7 Å². The third-order valence-electron chi connectivity index (χ3n) is 2.58. The first-order valence-electron chi connectivity index (χ1n) is 5.69. The molecule has 1 aromatic rings. The standard InChI is InChI=1S/C12H14BrClN2O3/c1-7(2)10(13)6-15-12(17)9-5-8(14)3-4-11(9)16(18)19/h3-5,7,10H,6H2,1-2H3,(H,15,17). The van der Waals surface area contributed by atoms with Gasteiger partial charge in [-0.3, -0.25) is 14.9 Å². The van der Waals surface area contributed by atoms with E-state index in [-0.39, 0.29) is 21.1 Å². The van der Waals surface area contributed by atoms with Crippen LogP contribution in [0, 0.1) is 16.0 Å². The van der Waals surface area contributed by atoms with Gasteiger partial charge < -0.3 is 5.32 Å². The molecule has 7 heteroatoms. The summed E-state index contributed by atoms with van der Waals surface area (Å²) in [6.07, 6.45) is 0. The van der Waals surface area contributed by atoms with E-state index in [0.29, 0.717) is 12.5 Å². The fourth-order valence-corrected chi connectivity index (χ4v) is 1.70. The highest BCUT2D eigenvalue weighted by atomic mass is 79.9. The minimum Gasteiger partial charge on any atom is -0.351 e. The normalized spacial score (nSPS) is 12.3. The lowest BCUT2D eigenvalue weighted by Gasteiger charge is -2.14. The number of rotatable bonds is 5. The van der Waals surface area contributed by atoms with E-state index in [1.807, 2.05) is 13.8 Å². The molecule has 0 aliphatic heterocycles. The van der Waals surface area contributed by atoms with Crippen molar-refractivity contribution in [2.75, 3.05) is 6.54 Å². The first-order chi connectivity index (χ1) is 8.82. The van der Waals surface area contributed by atoms with Crippen molar-refractivity contribution in [3.8, 4) is 0 Å². The predicted molar refractivity (Wildman–Crippen MR) is 78.0 cm³/mol. The molecular weight excluding hydrogens is 336 g/mol. The molecule has 1 atom stereocenters. The molecule has 0 aliphatic carbocycles. The van der Waals surface area contributed by atoms with Gasteiger partial charge in [0.2, 0.25) is 0 Å². The zero-order chi connectivity index (χ0) is 14.6.